The Kier molecular flexibility index (Phi) is 8.64. The fourth-order valence-corrected chi connectivity index (χ4v) is 3.59. The second kappa shape index (κ2) is 11.2. The van der Waals surface area contributed by atoms with Crippen LogP contribution < -0.4 is 0 Å². The van der Waals surface area contributed by atoms with Gasteiger partial charge in [0, 0.05) is 0 Å². The molecule has 0 radical (unpaired) electrons. The Hall–Kier alpha value is -1.52. The Labute approximate surface area is 193 Å². The maximum atomic E-state index is 5.96. The van der Waals surface area contributed by atoms with Gasteiger partial charge in [-0.25, -0.2) is 9.98 Å². The molecular weight excluding hydrogens is 471 g/mol. The molecule has 0 aliphatic carbocycles. The summed E-state index contributed by atoms with van der Waals surface area (Å²) in [4.78, 5) is 9.68. The van der Waals surface area contributed by atoms with E-state index in [4.69, 9.17) is 19.5 Å². The molecular formula is C23H26Cl2CuN2O2. The zero-order chi connectivity index (χ0) is 21.4. The zero-order valence-electron chi connectivity index (χ0n) is 17.0. The number of benzene rings is 2. The van der Waals surface area contributed by atoms with E-state index in [0.29, 0.717) is 13.2 Å². The van der Waals surface area contributed by atoms with E-state index in [1.165, 1.54) is 11.1 Å². The molecule has 2 aromatic carbocycles. The molecule has 7 heteroatoms. The van der Waals surface area contributed by atoms with Crippen molar-refractivity contribution in [3.8, 4) is 0 Å². The predicted molar refractivity (Wildman–Crippen MR) is 120 cm³/mol. The number of aliphatic imine (C=N–C) groups is 2. The van der Waals surface area contributed by atoms with Crippen LogP contribution >= 0.6 is 20.2 Å². The third-order valence-electron chi connectivity index (χ3n) is 5.12. The summed E-state index contributed by atoms with van der Waals surface area (Å²) in [5.41, 5.74) is 2.13. The van der Waals surface area contributed by atoms with Gasteiger partial charge in [0.15, 0.2) is 11.8 Å². The van der Waals surface area contributed by atoms with Gasteiger partial charge in [0.1, 0.15) is 18.6 Å². The first kappa shape index (κ1) is 23.1. The Morgan fingerprint density at radius 2 is 1.17 bits per heavy atom. The molecule has 2 aromatic rings. The average molecular weight is 497 g/mol. The van der Waals surface area contributed by atoms with Gasteiger partial charge >= 0.3 is 33.3 Å². The zero-order valence-corrected chi connectivity index (χ0v) is 19.5. The van der Waals surface area contributed by atoms with Gasteiger partial charge in [0.2, 0.25) is 0 Å². The number of nitrogens with zero attached hydrogens (tertiary/aromatic N) is 2. The quantitative estimate of drug-likeness (QED) is 0.498. The molecule has 0 fully saturated rings. The van der Waals surface area contributed by atoms with Gasteiger partial charge in [0.25, 0.3) is 0 Å². The molecule has 4 nitrogen and oxygen atoms in total. The topological polar surface area (TPSA) is 43.2 Å². The summed E-state index contributed by atoms with van der Waals surface area (Å²) in [6, 6.07) is 21.2. The first-order valence-electron chi connectivity index (χ1n) is 9.84. The van der Waals surface area contributed by atoms with Crippen molar-refractivity contribution < 1.29 is 22.6 Å². The molecule has 0 N–H and O–H groups in total. The Bertz CT molecular complexity index is 791. The third kappa shape index (κ3) is 6.24. The van der Waals surface area contributed by atoms with Crippen molar-refractivity contribution >= 4 is 32.0 Å². The van der Waals surface area contributed by atoms with Crippen LogP contribution in [0.5, 0.6) is 0 Å². The summed E-state index contributed by atoms with van der Waals surface area (Å²) in [7, 11) is 9.34. The van der Waals surface area contributed by atoms with Crippen LogP contribution in [0.4, 0.5) is 0 Å². The molecule has 0 amide bonds. The van der Waals surface area contributed by atoms with Crippen LogP contribution in [-0.4, -0.2) is 37.1 Å². The molecule has 2 heterocycles. The van der Waals surface area contributed by atoms with Gasteiger partial charge in [-0.05, 0) is 37.8 Å². The van der Waals surface area contributed by atoms with E-state index < -0.39 is 5.41 Å². The van der Waals surface area contributed by atoms with Crippen LogP contribution in [0.15, 0.2) is 70.6 Å². The summed E-state index contributed by atoms with van der Waals surface area (Å²) in [6.45, 7) is 5.41. The number of hydrogen-bond acceptors (Lipinski definition) is 4. The molecule has 0 saturated heterocycles. The molecule has 0 spiro atoms. The number of ether oxygens (including phenoxy) is 2. The van der Waals surface area contributed by atoms with Gasteiger partial charge in [-0.3, -0.25) is 0 Å². The first-order valence-corrected chi connectivity index (χ1v) is 12.4. The monoisotopic (exact) mass is 495 g/mol. The summed E-state index contributed by atoms with van der Waals surface area (Å²) in [5.74, 6) is 1.48. The van der Waals surface area contributed by atoms with Gasteiger partial charge in [0.05, 0.1) is 12.1 Å². The molecule has 4 rings (SSSR count). The van der Waals surface area contributed by atoms with Gasteiger partial charge in [-0.2, -0.15) is 0 Å². The summed E-state index contributed by atoms with van der Waals surface area (Å²) < 4.78 is 11.9. The third-order valence-corrected chi connectivity index (χ3v) is 5.12. The summed E-state index contributed by atoms with van der Waals surface area (Å²) >= 11 is 0.757. The van der Waals surface area contributed by atoms with E-state index in [1.54, 1.807) is 0 Å². The van der Waals surface area contributed by atoms with E-state index in [0.717, 1.165) is 37.8 Å². The van der Waals surface area contributed by atoms with Gasteiger partial charge < -0.3 is 9.47 Å². The molecule has 2 aliphatic heterocycles. The Morgan fingerprint density at radius 3 is 1.53 bits per heavy atom. The standard InChI is InChI=1S/C23H26N2O2.2ClH.Cu/c1-23(2,21-24-19(15-26-21)13-17-9-5-3-6-10-17)22-25-20(16-27-22)14-18-11-7-4-8-12-18;;;/h3-12,19-20H,13-16H2,1-2H3;2*1H;/q;;;+2/p-2/t19-,20-;;;/m1.../s1. The maximum absolute atomic E-state index is 5.96. The van der Waals surface area contributed by atoms with E-state index in [-0.39, 0.29) is 12.1 Å². The first-order chi connectivity index (χ1) is 14.5. The number of hydrogen-bond donors (Lipinski definition) is 0. The second-order valence-corrected chi connectivity index (χ2v) is 9.40. The SMILES string of the molecule is CC(C)(C1=N[C@H](Cc2ccccc2)CO1)C1=N[C@H](Cc2ccccc2)CO1.[Cl][Cu][Cl]. The minimum absolute atomic E-state index is 0.156. The fourth-order valence-electron chi connectivity index (χ4n) is 3.59. The molecule has 30 heavy (non-hydrogen) atoms. The van der Waals surface area contributed by atoms with Crippen molar-refractivity contribution in [3.05, 3.63) is 71.8 Å². The van der Waals surface area contributed by atoms with Crippen molar-refractivity contribution in [2.45, 2.75) is 38.8 Å². The average Bonchev–Trinajstić information content (AvgIpc) is 3.41. The Morgan fingerprint density at radius 1 is 0.800 bits per heavy atom. The molecule has 2 aliphatic rings. The Balaban J connectivity index is 0.000000806. The van der Waals surface area contributed by atoms with Crippen LogP contribution in [0, 0.1) is 5.41 Å². The van der Waals surface area contributed by atoms with Crippen molar-refractivity contribution in [2.75, 3.05) is 13.2 Å². The number of halogens is 2. The molecule has 0 aromatic heterocycles. The molecule has 165 valence electrons. The van der Waals surface area contributed by atoms with Crippen LogP contribution in [0.2, 0.25) is 0 Å². The normalized spacial score (nSPS) is 20.5. The van der Waals surface area contributed by atoms with Gasteiger partial charge in [-0.15, -0.1) is 0 Å². The van der Waals surface area contributed by atoms with Crippen molar-refractivity contribution in [3.63, 3.8) is 0 Å². The van der Waals surface area contributed by atoms with Crippen LogP contribution in [0.25, 0.3) is 0 Å². The van der Waals surface area contributed by atoms with E-state index in [1.807, 2.05) is 12.1 Å². The number of rotatable bonds is 6. The van der Waals surface area contributed by atoms with Crippen molar-refractivity contribution in [1.82, 2.24) is 0 Å². The summed E-state index contributed by atoms with van der Waals surface area (Å²) in [6.07, 6.45) is 1.79. The van der Waals surface area contributed by atoms with Crippen molar-refractivity contribution in [2.24, 2.45) is 15.4 Å². The fraction of sp³-hybridized carbons (Fsp3) is 0.391. The molecule has 2 atom stereocenters. The van der Waals surface area contributed by atoms with Crippen LogP contribution in [0.1, 0.15) is 25.0 Å². The van der Waals surface area contributed by atoms with E-state index in [9.17, 15) is 0 Å². The summed E-state index contributed by atoms with van der Waals surface area (Å²) in [5, 5.41) is 0. The predicted octanol–water partition coefficient (Wildman–Crippen LogP) is 5.47. The van der Waals surface area contributed by atoms with Crippen LogP contribution in [0.3, 0.4) is 0 Å². The van der Waals surface area contributed by atoms with Gasteiger partial charge in [-0.1, -0.05) is 60.7 Å². The van der Waals surface area contributed by atoms with E-state index >= 15 is 0 Å². The minimum atomic E-state index is -0.434. The molecule has 0 unspecified atom stereocenters. The van der Waals surface area contributed by atoms with Crippen LogP contribution in [-0.2, 0) is 35.4 Å². The second-order valence-electron chi connectivity index (χ2n) is 7.85. The van der Waals surface area contributed by atoms with E-state index in [2.05, 4.69) is 82.6 Å². The molecule has 0 saturated carbocycles. The molecule has 0 bridgehead atoms. The van der Waals surface area contributed by atoms with Crippen molar-refractivity contribution in [1.29, 1.82) is 0 Å².